The number of urea groups is 1. The van der Waals surface area contributed by atoms with Gasteiger partial charge >= 0.3 is 6.03 Å². The number of carbonyl (C=O) groups excluding carboxylic acids is 2. The Labute approximate surface area is 189 Å². The van der Waals surface area contributed by atoms with Crippen molar-refractivity contribution in [3.63, 3.8) is 0 Å². The molecule has 3 amide bonds. The van der Waals surface area contributed by atoms with Crippen molar-refractivity contribution in [2.45, 2.75) is 6.92 Å². The van der Waals surface area contributed by atoms with E-state index in [0.717, 1.165) is 26.2 Å². The van der Waals surface area contributed by atoms with Crippen molar-refractivity contribution in [1.29, 1.82) is 0 Å². The van der Waals surface area contributed by atoms with E-state index in [9.17, 15) is 9.59 Å². The van der Waals surface area contributed by atoms with Gasteiger partial charge in [0.15, 0.2) is 27.8 Å². The average molecular weight is 459 g/mol. The molecule has 0 aliphatic carbocycles. The first-order valence-corrected chi connectivity index (χ1v) is 11.2. The van der Waals surface area contributed by atoms with Crippen molar-refractivity contribution in [3.05, 3.63) is 11.1 Å². The number of hydrogen-bond donors (Lipinski definition) is 3. The summed E-state index contributed by atoms with van der Waals surface area (Å²) in [4.78, 5) is 46.8. The molecule has 3 aromatic heterocycles. The Morgan fingerprint density at radius 1 is 1.09 bits per heavy atom. The fraction of sp³-hybridized carbons (Fsp3) is 0.474. The number of hydrogen-bond acceptors (Lipinski definition) is 9. The van der Waals surface area contributed by atoms with Crippen LogP contribution in [0.1, 0.15) is 17.4 Å². The molecule has 0 spiro atoms. The minimum absolute atomic E-state index is 0.206. The molecule has 0 bridgehead atoms. The average Bonchev–Trinajstić information content (AvgIpc) is 3.39. The van der Waals surface area contributed by atoms with Crippen molar-refractivity contribution in [2.24, 2.45) is 7.05 Å². The molecule has 12 nitrogen and oxygen atoms in total. The third kappa shape index (κ3) is 4.21. The van der Waals surface area contributed by atoms with Crippen LogP contribution >= 0.6 is 11.3 Å². The first-order valence-electron chi connectivity index (χ1n) is 10.3. The van der Waals surface area contributed by atoms with Crippen molar-refractivity contribution in [3.8, 4) is 10.8 Å². The molecule has 1 fully saturated rings. The van der Waals surface area contributed by atoms with Gasteiger partial charge in [-0.05, 0) is 14.0 Å². The van der Waals surface area contributed by atoms with E-state index in [2.05, 4.69) is 47.7 Å². The molecule has 0 radical (unpaired) electrons. The second-order valence-electron chi connectivity index (χ2n) is 7.43. The van der Waals surface area contributed by atoms with E-state index in [4.69, 9.17) is 4.98 Å². The Kier molecular flexibility index (Phi) is 6.19. The minimum atomic E-state index is -0.367. The van der Waals surface area contributed by atoms with Gasteiger partial charge in [-0.3, -0.25) is 10.1 Å². The molecule has 4 heterocycles. The number of anilines is 2. The number of amides is 3. The summed E-state index contributed by atoms with van der Waals surface area (Å²) < 4.78 is 1.81. The highest BCUT2D eigenvalue weighted by atomic mass is 32.1. The number of aromatic nitrogens is 5. The molecule has 3 N–H and O–H groups in total. The van der Waals surface area contributed by atoms with Gasteiger partial charge in [0.1, 0.15) is 5.69 Å². The summed E-state index contributed by atoms with van der Waals surface area (Å²) in [6.07, 6.45) is 0. The van der Waals surface area contributed by atoms with Gasteiger partial charge in [0, 0.05) is 52.2 Å². The number of piperazine rings is 1. The summed E-state index contributed by atoms with van der Waals surface area (Å²) in [6, 6.07) is -0.367. The fourth-order valence-electron chi connectivity index (χ4n) is 3.45. The zero-order chi connectivity index (χ0) is 22.8. The Hall–Kier alpha value is -3.32. The lowest BCUT2D eigenvalue weighted by atomic mass is 10.3. The molecule has 3 aromatic rings. The molecule has 1 aliphatic heterocycles. The third-order valence-electron chi connectivity index (χ3n) is 5.22. The predicted octanol–water partition coefficient (Wildman–Crippen LogP) is 0.740. The second kappa shape index (κ2) is 9.04. The smallest absolute Gasteiger partial charge is 0.321 e. The van der Waals surface area contributed by atoms with Crippen LogP contribution in [0.2, 0.25) is 0 Å². The summed E-state index contributed by atoms with van der Waals surface area (Å²) in [5.41, 5.74) is 1.54. The van der Waals surface area contributed by atoms with Crippen LogP contribution in [0.15, 0.2) is 5.38 Å². The second-order valence-corrected chi connectivity index (χ2v) is 8.29. The van der Waals surface area contributed by atoms with Crippen LogP contribution in [-0.4, -0.2) is 88.2 Å². The Balaban J connectivity index is 1.80. The van der Waals surface area contributed by atoms with E-state index in [-0.39, 0.29) is 17.9 Å². The molecule has 1 aliphatic rings. The van der Waals surface area contributed by atoms with Crippen molar-refractivity contribution >= 4 is 46.2 Å². The highest BCUT2D eigenvalue weighted by Crippen LogP contribution is 2.31. The predicted molar refractivity (Wildman–Crippen MR) is 123 cm³/mol. The maximum Gasteiger partial charge on any atom is 0.321 e. The van der Waals surface area contributed by atoms with Gasteiger partial charge in [0.2, 0.25) is 5.95 Å². The van der Waals surface area contributed by atoms with Crippen LogP contribution in [-0.2, 0) is 7.05 Å². The number of imidazole rings is 1. The molecule has 13 heteroatoms. The van der Waals surface area contributed by atoms with E-state index in [1.54, 1.807) is 12.4 Å². The van der Waals surface area contributed by atoms with Crippen LogP contribution in [0.4, 0.5) is 16.6 Å². The lowest BCUT2D eigenvalue weighted by Crippen LogP contribution is -2.45. The minimum Gasteiger partial charge on any atom is -0.354 e. The summed E-state index contributed by atoms with van der Waals surface area (Å²) in [6.45, 7) is 5.69. The van der Waals surface area contributed by atoms with Crippen molar-refractivity contribution in [1.82, 2.24) is 40.0 Å². The highest BCUT2D eigenvalue weighted by Gasteiger charge is 2.25. The molecular formula is C19H26N10O2S. The maximum atomic E-state index is 12.1. The molecule has 1 saturated heterocycles. The van der Waals surface area contributed by atoms with Gasteiger partial charge in [0.05, 0.1) is 0 Å². The van der Waals surface area contributed by atoms with Gasteiger partial charge in [-0.1, -0.05) is 0 Å². The monoisotopic (exact) mass is 458 g/mol. The molecule has 0 saturated carbocycles. The van der Waals surface area contributed by atoms with Gasteiger partial charge in [-0.2, -0.15) is 9.97 Å². The number of aryl methyl sites for hydroxylation is 1. The Bertz CT molecular complexity index is 1150. The number of thiazole rings is 1. The van der Waals surface area contributed by atoms with Crippen LogP contribution in [0, 0.1) is 0 Å². The summed E-state index contributed by atoms with van der Waals surface area (Å²) in [5.74, 6) is 1.20. The summed E-state index contributed by atoms with van der Waals surface area (Å²) >= 11 is 1.34. The standard InChI is InChI=1S/C19H26N10O2S/c1-5-21-19(31)26-18-24-13-12(14(25-18)29-8-6-27(3)7-9-29)23-15(28(13)4)17-22-11(10-32-17)16(30)20-2/h10H,5-9H2,1-4H3,(H,20,30)(H2,21,24,25,26,31). The zero-order valence-corrected chi connectivity index (χ0v) is 19.3. The van der Waals surface area contributed by atoms with E-state index >= 15 is 0 Å². The largest absolute Gasteiger partial charge is 0.354 e. The fourth-order valence-corrected chi connectivity index (χ4v) is 4.27. The molecule has 0 unspecified atom stereocenters. The number of rotatable bonds is 5. The SMILES string of the molecule is CCNC(=O)Nc1nc(N2CCN(C)CC2)c2nc(-c3nc(C(=O)NC)cs3)n(C)c2n1. The van der Waals surface area contributed by atoms with Gasteiger partial charge in [-0.15, -0.1) is 11.3 Å². The van der Waals surface area contributed by atoms with E-state index < -0.39 is 0 Å². The Morgan fingerprint density at radius 3 is 2.53 bits per heavy atom. The molecule has 0 atom stereocenters. The highest BCUT2D eigenvalue weighted by molar-refractivity contribution is 7.13. The summed E-state index contributed by atoms with van der Waals surface area (Å²) in [7, 11) is 5.49. The lowest BCUT2D eigenvalue weighted by Gasteiger charge is -2.33. The molecular weight excluding hydrogens is 432 g/mol. The number of nitrogens with zero attached hydrogens (tertiary/aromatic N) is 7. The van der Waals surface area contributed by atoms with E-state index in [0.29, 0.717) is 40.1 Å². The number of carbonyl (C=O) groups is 2. The van der Waals surface area contributed by atoms with Crippen LogP contribution in [0.3, 0.4) is 0 Å². The topological polar surface area (TPSA) is 133 Å². The van der Waals surface area contributed by atoms with Gasteiger partial charge in [-0.25, -0.2) is 14.8 Å². The van der Waals surface area contributed by atoms with Crippen LogP contribution in [0.25, 0.3) is 22.0 Å². The van der Waals surface area contributed by atoms with Gasteiger partial charge in [0.25, 0.3) is 5.91 Å². The first kappa shape index (κ1) is 21.9. The van der Waals surface area contributed by atoms with E-state index in [1.807, 2.05) is 18.5 Å². The molecule has 0 aromatic carbocycles. The van der Waals surface area contributed by atoms with Crippen molar-refractivity contribution in [2.75, 3.05) is 57.0 Å². The molecule has 170 valence electrons. The first-order chi connectivity index (χ1) is 15.4. The van der Waals surface area contributed by atoms with Crippen molar-refractivity contribution < 1.29 is 9.59 Å². The molecule has 32 heavy (non-hydrogen) atoms. The van der Waals surface area contributed by atoms with Crippen LogP contribution in [0.5, 0.6) is 0 Å². The normalized spacial score (nSPS) is 14.6. The van der Waals surface area contributed by atoms with E-state index in [1.165, 1.54) is 11.3 Å². The molecule has 4 rings (SSSR count). The number of likely N-dealkylation sites (N-methyl/N-ethyl adjacent to an activating group) is 1. The number of fused-ring (bicyclic) bond motifs is 1. The summed E-state index contributed by atoms with van der Waals surface area (Å²) in [5, 5.41) is 10.3. The quantitative estimate of drug-likeness (QED) is 0.510. The lowest BCUT2D eigenvalue weighted by molar-refractivity contribution is 0.0959. The maximum absolute atomic E-state index is 12.1. The van der Waals surface area contributed by atoms with Gasteiger partial charge < -0.3 is 25.0 Å². The van der Waals surface area contributed by atoms with Crippen LogP contribution < -0.4 is 20.9 Å². The third-order valence-corrected chi connectivity index (χ3v) is 6.06. The number of nitrogens with one attached hydrogen (secondary N) is 3. The zero-order valence-electron chi connectivity index (χ0n) is 18.5. The Morgan fingerprint density at radius 2 is 1.84 bits per heavy atom.